The molecule has 2 aromatic heterocycles. The average Bonchev–Trinajstić information content (AvgIpc) is 3.39. The van der Waals surface area contributed by atoms with Crippen molar-refractivity contribution >= 4 is 44.4 Å². The van der Waals surface area contributed by atoms with E-state index < -0.39 is 0 Å². The van der Waals surface area contributed by atoms with Gasteiger partial charge in [-0.2, -0.15) is 0 Å². The number of nitrogens with zero attached hydrogens (tertiary/aromatic N) is 4. The Bertz CT molecular complexity index is 929. The van der Waals surface area contributed by atoms with Crippen LogP contribution in [0.2, 0.25) is 0 Å². The highest BCUT2D eigenvalue weighted by Gasteiger charge is 2.22. The van der Waals surface area contributed by atoms with Crippen molar-refractivity contribution in [2.75, 3.05) is 17.7 Å². The highest BCUT2D eigenvalue weighted by Crippen LogP contribution is 2.27. The van der Waals surface area contributed by atoms with Crippen LogP contribution in [0.15, 0.2) is 29.4 Å². The highest BCUT2D eigenvalue weighted by molar-refractivity contribution is 7.99. The van der Waals surface area contributed by atoms with E-state index in [1.807, 2.05) is 24.3 Å². The van der Waals surface area contributed by atoms with Crippen LogP contribution in [0, 0.1) is 0 Å². The van der Waals surface area contributed by atoms with Crippen molar-refractivity contribution in [1.82, 2.24) is 19.7 Å². The van der Waals surface area contributed by atoms with Crippen LogP contribution < -0.4 is 5.32 Å². The van der Waals surface area contributed by atoms with Gasteiger partial charge in [0, 0.05) is 12.5 Å². The summed E-state index contributed by atoms with van der Waals surface area (Å²) in [5.74, 6) is 1.36. The summed E-state index contributed by atoms with van der Waals surface area (Å²) in [5, 5.41) is 12.9. The van der Waals surface area contributed by atoms with Crippen LogP contribution in [-0.2, 0) is 16.1 Å². The number of ether oxygens (including phenoxy) is 1. The molecular weight excluding hydrogens is 394 g/mol. The third-order valence-corrected chi connectivity index (χ3v) is 6.46. The second kappa shape index (κ2) is 8.59. The molecule has 0 saturated carbocycles. The normalized spacial score (nSPS) is 16.9. The summed E-state index contributed by atoms with van der Waals surface area (Å²) >= 11 is 2.88. The molecule has 0 bridgehead atoms. The number of hydrogen-bond donors (Lipinski definition) is 1. The minimum Gasteiger partial charge on any atom is -0.376 e. The summed E-state index contributed by atoms with van der Waals surface area (Å²) in [6, 6.07) is 7.85. The Labute approximate surface area is 171 Å². The van der Waals surface area contributed by atoms with Crippen LogP contribution in [0.25, 0.3) is 10.2 Å². The first-order valence-electron chi connectivity index (χ1n) is 9.43. The zero-order valence-corrected chi connectivity index (χ0v) is 17.6. The topological polar surface area (TPSA) is 81.9 Å². The fraction of sp³-hybridized carbons (Fsp3) is 0.474. The number of carbonyl (C=O) groups excluding carboxylic acids is 1. The molecular formula is C19H23N5O2S2. The summed E-state index contributed by atoms with van der Waals surface area (Å²) in [5.41, 5.74) is 0.897. The van der Waals surface area contributed by atoms with Gasteiger partial charge < -0.3 is 14.6 Å². The Kier molecular flexibility index (Phi) is 5.93. The van der Waals surface area contributed by atoms with E-state index in [0.29, 0.717) is 5.13 Å². The summed E-state index contributed by atoms with van der Waals surface area (Å²) in [6.45, 7) is 5.76. The molecule has 3 heterocycles. The van der Waals surface area contributed by atoms with Gasteiger partial charge in [0.1, 0.15) is 5.82 Å². The fourth-order valence-corrected chi connectivity index (χ4v) is 4.85. The van der Waals surface area contributed by atoms with Crippen LogP contribution in [0.5, 0.6) is 0 Å². The fourth-order valence-electron chi connectivity index (χ4n) is 3.21. The maximum atomic E-state index is 12.4. The standard InChI is InChI=1S/C19H23N5O2S2/c1-12(2)17-22-23-19(24(17)10-13-6-5-9-26-13)27-11-16(25)21-18-20-14-7-3-4-8-15(14)28-18/h3-4,7-8,12-13H,5-6,9-11H2,1-2H3,(H,20,21,25). The minimum absolute atomic E-state index is 0.0955. The van der Waals surface area contributed by atoms with Gasteiger partial charge >= 0.3 is 0 Å². The highest BCUT2D eigenvalue weighted by atomic mass is 32.2. The second-order valence-electron chi connectivity index (χ2n) is 7.06. The molecule has 0 radical (unpaired) electrons. The third kappa shape index (κ3) is 4.37. The predicted molar refractivity (Wildman–Crippen MR) is 112 cm³/mol. The molecule has 9 heteroatoms. The number of para-hydroxylation sites is 1. The molecule has 1 aromatic carbocycles. The molecule has 1 atom stereocenters. The number of anilines is 1. The predicted octanol–water partition coefficient (Wildman–Crippen LogP) is 3.92. The number of fused-ring (bicyclic) bond motifs is 1. The molecule has 1 unspecified atom stereocenters. The molecule has 1 amide bonds. The summed E-state index contributed by atoms with van der Waals surface area (Å²) < 4.78 is 8.94. The van der Waals surface area contributed by atoms with Gasteiger partial charge in [0.2, 0.25) is 5.91 Å². The monoisotopic (exact) mass is 417 g/mol. The number of thioether (sulfide) groups is 1. The van der Waals surface area contributed by atoms with Crippen LogP contribution in [-0.4, -0.2) is 44.1 Å². The van der Waals surface area contributed by atoms with Gasteiger partial charge in [-0.15, -0.1) is 10.2 Å². The lowest BCUT2D eigenvalue weighted by atomic mass is 10.2. The number of nitrogens with one attached hydrogen (secondary N) is 1. The van der Waals surface area contributed by atoms with E-state index in [1.165, 1.54) is 23.1 Å². The molecule has 1 aliphatic rings. The van der Waals surface area contributed by atoms with Crippen LogP contribution in [0.1, 0.15) is 38.4 Å². The first-order chi connectivity index (χ1) is 13.6. The molecule has 1 aliphatic heterocycles. The van der Waals surface area contributed by atoms with Crippen molar-refractivity contribution < 1.29 is 9.53 Å². The second-order valence-corrected chi connectivity index (χ2v) is 9.04. The van der Waals surface area contributed by atoms with Gasteiger partial charge in [-0.05, 0) is 25.0 Å². The molecule has 28 heavy (non-hydrogen) atoms. The van der Waals surface area contributed by atoms with Gasteiger partial charge in [-0.3, -0.25) is 4.79 Å². The Morgan fingerprint density at radius 3 is 3.00 bits per heavy atom. The molecule has 4 rings (SSSR count). The first kappa shape index (κ1) is 19.4. The van der Waals surface area contributed by atoms with E-state index in [1.54, 1.807) is 0 Å². The van der Waals surface area contributed by atoms with E-state index in [9.17, 15) is 4.79 Å². The summed E-state index contributed by atoms with van der Waals surface area (Å²) in [7, 11) is 0. The quantitative estimate of drug-likeness (QED) is 0.587. The summed E-state index contributed by atoms with van der Waals surface area (Å²) in [6.07, 6.45) is 2.35. The molecule has 0 spiro atoms. The van der Waals surface area contributed by atoms with Gasteiger partial charge in [-0.25, -0.2) is 4.98 Å². The van der Waals surface area contributed by atoms with E-state index in [-0.39, 0.29) is 23.7 Å². The molecule has 7 nitrogen and oxygen atoms in total. The molecule has 3 aromatic rings. The lowest BCUT2D eigenvalue weighted by molar-refractivity contribution is -0.113. The molecule has 1 fully saturated rings. The number of carbonyl (C=O) groups is 1. The van der Waals surface area contributed by atoms with Crippen molar-refractivity contribution in [3.8, 4) is 0 Å². The van der Waals surface area contributed by atoms with Crippen LogP contribution >= 0.6 is 23.1 Å². The number of benzene rings is 1. The maximum absolute atomic E-state index is 12.4. The number of hydrogen-bond acceptors (Lipinski definition) is 7. The average molecular weight is 418 g/mol. The maximum Gasteiger partial charge on any atom is 0.236 e. The Morgan fingerprint density at radius 2 is 2.25 bits per heavy atom. The van der Waals surface area contributed by atoms with Crippen molar-refractivity contribution in [3.05, 3.63) is 30.1 Å². The van der Waals surface area contributed by atoms with Crippen molar-refractivity contribution in [2.45, 2.75) is 50.4 Å². The minimum atomic E-state index is -0.0955. The number of rotatable bonds is 7. The van der Waals surface area contributed by atoms with Gasteiger partial charge in [-0.1, -0.05) is 49.1 Å². The van der Waals surface area contributed by atoms with Crippen molar-refractivity contribution in [2.24, 2.45) is 0 Å². The van der Waals surface area contributed by atoms with E-state index in [4.69, 9.17) is 4.74 Å². The zero-order chi connectivity index (χ0) is 19.5. The summed E-state index contributed by atoms with van der Waals surface area (Å²) in [4.78, 5) is 16.9. The van der Waals surface area contributed by atoms with Crippen LogP contribution in [0.4, 0.5) is 5.13 Å². The molecule has 1 N–H and O–H groups in total. The van der Waals surface area contributed by atoms with Crippen molar-refractivity contribution in [3.63, 3.8) is 0 Å². The zero-order valence-electron chi connectivity index (χ0n) is 15.9. The molecule has 1 saturated heterocycles. The lowest BCUT2D eigenvalue weighted by Crippen LogP contribution is -2.19. The van der Waals surface area contributed by atoms with Gasteiger partial charge in [0.25, 0.3) is 0 Å². The largest absolute Gasteiger partial charge is 0.376 e. The van der Waals surface area contributed by atoms with Crippen LogP contribution in [0.3, 0.4) is 0 Å². The van der Waals surface area contributed by atoms with Gasteiger partial charge in [0.15, 0.2) is 10.3 Å². The van der Waals surface area contributed by atoms with E-state index in [2.05, 4.69) is 38.9 Å². The van der Waals surface area contributed by atoms with E-state index in [0.717, 1.165) is 47.2 Å². The number of amides is 1. The third-order valence-electron chi connectivity index (χ3n) is 4.54. The first-order valence-corrected chi connectivity index (χ1v) is 11.2. The number of thiazole rings is 1. The Morgan fingerprint density at radius 1 is 1.39 bits per heavy atom. The Hall–Kier alpha value is -1.97. The number of aromatic nitrogens is 4. The SMILES string of the molecule is CC(C)c1nnc(SCC(=O)Nc2nc3ccccc3s2)n1CC1CCCO1. The van der Waals surface area contributed by atoms with Crippen molar-refractivity contribution in [1.29, 1.82) is 0 Å². The van der Waals surface area contributed by atoms with E-state index >= 15 is 0 Å². The Balaban J connectivity index is 1.41. The molecule has 148 valence electrons. The molecule has 0 aliphatic carbocycles. The van der Waals surface area contributed by atoms with Gasteiger partial charge in [0.05, 0.1) is 28.6 Å². The smallest absolute Gasteiger partial charge is 0.236 e. The lowest BCUT2D eigenvalue weighted by Gasteiger charge is -2.15.